The first kappa shape index (κ1) is 9.10. The molecule has 0 heterocycles. The van der Waals surface area contributed by atoms with Crippen molar-refractivity contribution in [2.24, 2.45) is 0 Å². The zero-order valence-corrected chi connectivity index (χ0v) is 4.68. The third kappa shape index (κ3) is 12.4. The van der Waals surface area contributed by atoms with Crippen LogP contribution in [0.25, 0.3) is 0 Å². The van der Waals surface area contributed by atoms with Crippen LogP contribution in [0.3, 0.4) is 0 Å². The third-order valence-corrected chi connectivity index (χ3v) is 0.354. The molecule has 0 bridgehead atoms. The summed E-state index contributed by atoms with van der Waals surface area (Å²) >= 11 is 0. The quantitative estimate of drug-likeness (QED) is 0.357. The molecule has 0 atom stereocenters. The van der Waals surface area contributed by atoms with E-state index in [1.807, 2.05) is 0 Å². The smallest absolute Gasteiger partial charge is 0 e. The number of hydrogen-bond donors (Lipinski definition) is 0. The molecule has 0 aliphatic heterocycles. The van der Waals surface area contributed by atoms with E-state index < -0.39 is 0 Å². The zero-order chi connectivity index (χ0) is 3.41. The molecule has 0 spiro atoms. The summed E-state index contributed by atoms with van der Waals surface area (Å²) in [5.41, 5.74) is 0. The van der Waals surface area contributed by atoms with Gasteiger partial charge in [0.2, 0.25) is 0 Å². The minimum absolute atomic E-state index is 0. The summed E-state index contributed by atoms with van der Waals surface area (Å²) in [6.07, 6.45) is 2.28. The summed E-state index contributed by atoms with van der Waals surface area (Å²) in [7, 11) is 0. The molecule has 1 heteroatoms. The summed E-state index contributed by atoms with van der Waals surface area (Å²) in [5, 5.41) is 0. The van der Waals surface area contributed by atoms with Crippen LogP contribution in [-0.4, -0.2) is 0 Å². The molecule has 33 valence electrons. The van der Waals surface area contributed by atoms with E-state index in [2.05, 4.69) is 13.8 Å². The van der Waals surface area contributed by atoms with E-state index in [0.29, 0.717) is 0 Å². The fourth-order valence-electron chi connectivity index (χ4n) is 0. The largest absolute Gasteiger partial charge is 0.343 e. The minimum Gasteiger partial charge on any atom is -0.343 e. The van der Waals surface area contributed by atoms with Gasteiger partial charge < -0.3 is 6.92 Å². The Morgan fingerprint density at radius 3 is 1.80 bits per heavy atom. The SMILES string of the molecule is [CH2-]CCC.[Mn]. The van der Waals surface area contributed by atoms with Crippen molar-refractivity contribution >= 4 is 0 Å². The monoisotopic (exact) mass is 112 g/mol. The number of rotatable bonds is 1. The summed E-state index contributed by atoms with van der Waals surface area (Å²) in [6.45, 7) is 5.72. The molecule has 0 aliphatic rings. The first-order valence-electron chi connectivity index (χ1n) is 1.71. The van der Waals surface area contributed by atoms with E-state index in [1.54, 1.807) is 0 Å². The molecule has 0 aromatic rings. The van der Waals surface area contributed by atoms with Crippen LogP contribution in [0.15, 0.2) is 0 Å². The van der Waals surface area contributed by atoms with Crippen LogP contribution in [0, 0.1) is 6.92 Å². The van der Waals surface area contributed by atoms with Crippen LogP contribution in [0.1, 0.15) is 19.8 Å². The molecular formula is C4H9Mn-. The summed E-state index contributed by atoms with van der Waals surface area (Å²) in [4.78, 5) is 0. The molecule has 0 aromatic carbocycles. The fraction of sp³-hybridized carbons (Fsp3) is 0.750. The third-order valence-electron chi connectivity index (χ3n) is 0.354. The molecule has 0 N–H and O–H groups in total. The van der Waals surface area contributed by atoms with Crippen LogP contribution >= 0.6 is 0 Å². The molecule has 0 amide bonds. The predicted octanol–water partition coefficient (Wildman–Crippen LogP) is 1.62. The zero-order valence-electron chi connectivity index (χ0n) is 3.50. The van der Waals surface area contributed by atoms with Crippen molar-refractivity contribution in [3.8, 4) is 0 Å². The molecule has 0 aliphatic carbocycles. The Balaban J connectivity index is 0. The molecule has 0 nitrogen and oxygen atoms in total. The minimum atomic E-state index is 0. The molecule has 0 unspecified atom stereocenters. The fourth-order valence-corrected chi connectivity index (χ4v) is 0. The molecule has 1 radical (unpaired) electrons. The molecule has 0 aromatic heterocycles. The van der Waals surface area contributed by atoms with Gasteiger partial charge in [-0.15, -0.1) is 0 Å². The van der Waals surface area contributed by atoms with Gasteiger partial charge in [-0.1, -0.05) is 13.3 Å². The predicted molar refractivity (Wildman–Crippen MR) is 20.3 cm³/mol. The average Bonchev–Trinajstić information content (AvgIpc) is 1.37. The Kier molecular flexibility index (Phi) is 16.1. The first-order chi connectivity index (χ1) is 1.91. The van der Waals surface area contributed by atoms with Gasteiger partial charge in [0.15, 0.2) is 0 Å². The van der Waals surface area contributed by atoms with Gasteiger partial charge in [0.05, 0.1) is 0 Å². The van der Waals surface area contributed by atoms with Crippen molar-refractivity contribution in [1.82, 2.24) is 0 Å². The van der Waals surface area contributed by atoms with Crippen molar-refractivity contribution in [2.45, 2.75) is 19.8 Å². The second kappa shape index (κ2) is 8.82. The molecule has 0 saturated carbocycles. The van der Waals surface area contributed by atoms with Crippen molar-refractivity contribution < 1.29 is 17.1 Å². The normalized spacial score (nSPS) is 6.00. The summed E-state index contributed by atoms with van der Waals surface area (Å²) in [5.74, 6) is 0. The van der Waals surface area contributed by atoms with E-state index in [4.69, 9.17) is 0 Å². The van der Waals surface area contributed by atoms with Crippen LogP contribution < -0.4 is 0 Å². The van der Waals surface area contributed by atoms with Crippen molar-refractivity contribution in [3.63, 3.8) is 0 Å². The summed E-state index contributed by atoms with van der Waals surface area (Å²) in [6, 6.07) is 0. The van der Waals surface area contributed by atoms with Gasteiger partial charge in [-0.2, -0.15) is 6.42 Å². The molecular weight excluding hydrogens is 103 g/mol. The van der Waals surface area contributed by atoms with E-state index in [0.717, 1.165) is 6.42 Å². The van der Waals surface area contributed by atoms with E-state index in [9.17, 15) is 0 Å². The van der Waals surface area contributed by atoms with Crippen LogP contribution in [0.5, 0.6) is 0 Å². The topological polar surface area (TPSA) is 0 Å². The average molecular weight is 112 g/mol. The Morgan fingerprint density at radius 2 is 1.80 bits per heavy atom. The van der Waals surface area contributed by atoms with Gasteiger partial charge in [0, 0.05) is 17.1 Å². The van der Waals surface area contributed by atoms with Crippen LogP contribution in [-0.2, 0) is 17.1 Å². The van der Waals surface area contributed by atoms with Gasteiger partial charge >= 0.3 is 0 Å². The van der Waals surface area contributed by atoms with Gasteiger partial charge in [-0.3, -0.25) is 0 Å². The second-order valence-electron chi connectivity index (χ2n) is 0.854. The van der Waals surface area contributed by atoms with Gasteiger partial charge in [-0.05, 0) is 0 Å². The maximum absolute atomic E-state index is 3.60. The Labute approximate surface area is 44.4 Å². The molecule has 0 fully saturated rings. The number of unbranched alkanes of at least 4 members (excludes halogenated alkanes) is 1. The van der Waals surface area contributed by atoms with E-state index in [-0.39, 0.29) is 17.1 Å². The Bertz CT molecular complexity index is 5.61. The van der Waals surface area contributed by atoms with E-state index in [1.165, 1.54) is 6.42 Å². The van der Waals surface area contributed by atoms with Crippen LogP contribution in [0.4, 0.5) is 0 Å². The van der Waals surface area contributed by atoms with Crippen molar-refractivity contribution in [3.05, 3.63) is 6.92 Å². The molecule has 0 saturated heterocycles. The van der Waals surface area contributed by atoms with Gasteiger partial charge in [0.1, 0.15) is 0 Å². The first-order valence-corrected chi connectivity index (χ1v) is 1.71. The second-order valence-corrected chi connectivity index (χ2v) is 0.854. The Hall–Kier alpha value is 0.519. The maximum Gasteiger partial charge on any atom is 0 e. The molecule has 5 heavy (non-hydrogen) atoms. The molecule has 0 rings (SSSR count). The van der Waals surface area contributed by atoms with Crippen molar-refractivity contribution in [2.75, 3.05) is 0 Å². The van der Waals surface area contributed by atoms with Gasteiger partial charge in [0.25, 0.3) is 0 Å². The van der Waals surface area contributed by atoms with E-state index >= 15 is 0 Å². The van der Waals surface area contributed by atoms with Crippen molar-refractivity contribution in [1.29, 1.82) is 0 Å². The van der Waals surface area contributed by atoms with Crippen LogP contribution in [0.2, 0.25) is 0 Å². The Morgan fingerprint density at radius 1 is 1.60 bits per heavy atom. The standard InChI is InChI=1S/C4H9.Mn/c1-3-4-2;/h1,3-4H2,2H3;/q-1;. The maximum atomic E-state index is 3.60. The summed E-state index contributed by atoms with van der Waals surface area (Å²) < 4.78 is 0. The van der Waals surface area contributed by atoms with Gasteiger partial charge in [-0.25, -0.2) is 0 Å². The number of hydrogen-bond acceptors (Lipinski definition) is 0.